The monoisotopic (exact) mass is 835 g/mol. The Balaban J connectivity index is 1.16. The van der Waals surface area contributed by atoms with E-state index in [1.165, 1.54) is 24.3 Å². The minimum atomic E-state index is -4.51. The number of hydrogen-bond acceptors (Lipinski definition) is 0. The SMILES string of the molecule is FC(F)(F)c1ccc(-c2cc(-c3ccc(C(F)(F)F)cc3)cc(-n3c4ccc(-c5ccc(-c6ccccc6)cc5)cc4c4cc(-c5ccc(-c6ccccc6)cc5)ccc43)c2)cc1. The van der Waals surface area contributed by atoms with Crippen LogP contribution in [0.2, 0.25) is 0 Å². The molecule has 10 rings (SSSR count). The molecule has 0 fully saturated rings. The fraction of sp³-hybridized carbons (Fsp3) is 0.0357. The summed E-state index contributed by atoms with van der Waals surface area (Å²) in [6.45, 7) is 0. The summed E-state index contributed by atoms with van der Waals surface area (Å²) in [4.78, 5) is 0. The van der Waals surface area contributed by atoms with Crippen LogP contribution in [-0.4, -0.2) is 4.57 Å². The van der Waals surface area contributed by atoms with Crippen LogP contribution in [0.3, 0.4) is 0 Å². The lowest BCUT2D eigenvalue weighted by Gasteiger charge is -2.15. The highest BCUT2D eigenvalue weighted by Gasteiger charge is 2.31. The van der Waals surface area contributed by atoms with E-state index in [9.17, 15) is 26.3 Å². The highest BCUT2D eigenvalue weighted by molar-refractivity contribution is 6.12. The van der Waals surface area contributed by atoms with Gasteiger partial charge in [-0.25, -0.2) is 0 Å². The van der Waals surface area contributed by atoms with Gasteiger partial charge < -0.3 is 4.57 Å². The number of alkyl halides is 6. The molecule has 7 heteroatoms. The van der Waals surface area contributed by atoms with Crippen molar-refractivity contribution < 1.29 is 26.3 Å². The molecule has 1 aromatic heterocycles. The van der Waals surface area contributed by atoms with E-state index in [1.807, 2.05) is 48.5 Å². The predicted octanol–water partition coefficient (Wildman–Crippen LogP) is 16.8. The predicted molar refractivity (Wildman–Crippen MR) is 243 cm³/mol. The van der Waals surface area contributed by atoms with Crippen LogP contribution in [0.1, 0.15) is 11.1 Å². The Kier molecular flexibility index (Phi) is 9.83. The molecule has 0 atom stereocenters. The second-order valence-electron chi connectivity index (χ2n) is 15.6. The van der Waals surface area contributed by atoms with E-state index < -0.39 is 23.5 Å². The molecule has 0 aliphatic carbocycles. The number of benzene rings is 9. The van der Waals surface area contributed by atoms with Gasteiger partial charge in [0, 0.05) is 16.5 Å². The van der Waals surface area contributed by atoms with Gasteiger partial charge in [0.2, 0.25) is 0 Å². The Hall–Kier alpha value is -7.64. The topological polar surface area (TPSA) is 4.93 Å². The number of hydrogen-bond donors (Lipinski definition) is 0. The molecular formula is C56H35F6N. The summed E-state index contributed by atoms with van der Waals surface area (Å²) < 4.78 is 83.9. The maximum absolute atomic E-state index is 13.6. The van der Waals surface area contributed by atoms with Crippen LogP contribution in [0.4, 0.5) is 26.3 Å². The van der Waals surface area contributed by atoms with Gasteiger partial charge in [-0.3, -0.25) is 0 Å². The van der Waals surface area contributed by atoms with Crippen molar-refractivity contribution >= 4 is 21.8 Å². The molecule has 0 aliphatic rings. The van der Waals surface area contributed by atoms with Crippen LogP contribution in [0.25, 0.3) is 94.3 Å². The molecule has 0 radical (unpaired) electrons. The molecule has 0 saturated carbocycles. The second kappa shape index (κ2) is 15.7. The Morgan fingerprint density at radius 2 is 0.540 bits per heavy atom. The zero-order valence-corrected chi connectivity index (χ0v) is 33.4. The minimum absolute atomic E-state index is 0.529. The molecule has 0 spiro atoms. The molecule has 0 unspecified atom stereocenters. The summed E-state index contributed by atoms with van der Waals surface area (Å²) in [6, 6.07) is 65.5. The molecule has 1 nitrogen and oxygen atoms in total. The molecule has 0 aliphatic heterocycles. The summed E-state index contributed by atoms with van der Waals surface area (Å²) in [7, 11) is 0. The number of fused-ring (bicyclic) bond motifs is 3. The zero-order chi connectivity index (χ0) is 43.3. The van der Waals surface area contributed by atoms with Crippen LogP contribution in [0.5, 0.6) is 0 Å². The molecule has 0 N–H and O–H groups in total. The normalized spacial score (nSPS) is 12.0. The standard InChI is InChI=1S/C56H35F6N/c57-55(58,59)48-25-19-42(20-26-48)46-31-47(43-21-27-49(28-22-43)56(60,61)62)33-50(32-46)63-53-29-23-44(40-15-11-38(12-16-40)36-7-3-1-4-8-36)34-51(53)52-35-45(24-30-54(52)63)41-17-13-39(14-18-41)37-9-5-2-6-10-37/h1-35H. The van der Waals surface area contributed by atoms with Crippen molar-refractivity contribution in [1.29, 1.82) is 0 Å². The summed E-state index contributed by atoms with van der Waals surface area (Å²) in [6.07, 6.45) is -9.03. The van der Waals surface area contributed by atoms with E-state index in [-0.39, 0.29) is 0 Å². The molecule has 306 valence electrons. The van der Waals surface area contributed by atoms with Crippen molar-refractivity contribution in [2.24, 2.45) is 0 Å². The van der Waals surface area contributed by atoms with E-state index in [2.05, 4.69) is 114 Å². The third kappa shape index (κ3) is 7.78. The fourth-order valence-electron chi connectivity index (χ4n) is 8.41. The van der Waals surface area contributed by atoms with E-state index in [4.69, 9.17) is 0 Å². The van der Waals surface area contributed by atoms with Gasteiger partial charge in [0.25, 0.3) is 0 Å². The number of nitrogens with zero attached hydrogens (tertiary/aromatic N) is 1. The van der Waals surface area contributed by atoms with E-state index in [1.54, 1.807) is 6.07 Å². The summed E-state index contributed by atoms with van der Waals surface area (Å²) >= 11 is 0. The lowest BCUT2D eigenvalue weighted by atomic mass is 9.96. The molecule has 63 heavy (non-hydrogen) atoms. The zero-order valence-electron chi connectivity index (χ0n) is 33.4. The lowest BCUT2D eigenvalue weighted by Crippen LogP contribution is -2.04. The van der Waals surface area contributed by atoms with Gasteiger partial charge in [0.05, 0.1) is 22.2 Å². The van der Waals surface area contributed by atoms with Gasteiger partial charge in [-0.15, -0.1) is 0 Å². The highest BCUT2D eigenvalue weighted by Crippen LogP contribution is 2.41. The molecule has 0 saturated heterocycles. The molecule has 9 aromatic carbocycles. The first kappa shape index (κ1) is 39.5. The van der Waals surface area contributed by atoms with Crippen molar-refractivity contribution in [3.63, 3.8) is 0 Å². The number of rotatable bonds is 7. The largest absolute Gasteiger partial charge is 0.416 e. The highest BCUT2D eigenvalue weighted by atomic mass is 19.4. The molecule has 0 amide bonds. The van der Waals surface area contributed by atoms with Crippen molar-refractivity contribution in [3.05, 3.63) is 223 Å². The third-order valence-corrected chi connectivity index (χ3v) is 11.7. The second-order valence-corrected chi connectivity index (χ2v) is 15.6. The van der Waals surface area contributed by atoms with Crippen molar-refractivity contribution in [2.45, 2.75) is 12.4 Å². The molecule has 0 bridgehead atoms. The maximum atomic E-state index is 13.6. The van der Waals surface area contributed by atoms with Crippen molar-refractivity contribution in [2.75, 3.05) is 0 Å². The average Bonchev–Trinajstić information content (AvgIpc) is 3.64. The van der Waals surface area contributed by atoms with Crippen LogP contribution in [0, 0.1) is 0 Å². The van der Waals surface area contributed by atoms with Gasteiger partial charge in [-0.05, 0) is 133 Å². The smallest absolute Gasteiger partial charge is 0.309 e. The Morgan fingerprint density at radius 3 is 0.889 bits per heavy atom. The van der Waals surface area contributed by atoms with E-state index in [0.29, 0.717) is 27.9 Å². The average molecular weight is 836 g/mol. The Bertz CT molecular complexity index is 3020. The maximum Gasteiger partial charge on any atom is 0.416 e. The van der Waals surface area contributed by atoms with Gasteiger partial charge in [0.1, 0.15) is 0 Å². The summed E-state index contributed by atoms with van der Waals surface area (Å²) in [5, 5.41) is 1.96. The van der Waals surface area contributed by atoms with Gasteiger partial charge in [-0.2, -0.15) is 26.3 Å². The van der Waals surface area contributed by atoms with E-state index >= 15 is 0 Å². The molecule has 1 heterocycles. The molecular weight excluding hydrogens is 801 g/mol. The summed E-state index contributed by atoms with van der Waals surface area (Å²) in [5.41, 5.74) is 11.8. The fourth-order valence-corrected chi connectivity index (χ4v) is 8.41. The van der Waals surface area contributed by atoms with Crippen LogP contribution >= 0.6 is 0 Å². The lowest BCUT2D eigenvalue weighted by molar-refractivity contribution is -0.138. The third-order valence-electron chi connectivity index (χ3n) is 11.7. The van der Waals surface area contributed by atoms with Gasteiger partial charge >= 0.3 is 12.4 Å². The van der Waals surface area contributed by atoms with Gasteiger partial charge in [0.15, 0.2) is 0 Å². The van der Waals surface area contributed by atoms with Crippen molar-refractivity contribution in [1.82, 2.24) is 4.57 Å². The van der Waals surface area contributed by atoms with Gasteiger partial charge in [-0.1, -0.05) is 146 Å². The number of halogens is 6. The first-order valence-electron chi connectivity index (χ1n) is 20.4. The molecule has 10 aromatic rings. The van der Waals surface area contributed by atoms with E-state index in [0.717, 1.165) is 90.6 Å². The Labute approximate surface area is 359 Å². The number of aromatic nitrogens is 1. The minimum Gasteiger partial charge on any atom is -0.309 e. The van der Waals surface area contributed by atoms with Crippen LogP contribution < -0.4 is 0 Å². The van der Waals surface area contributed by atoms with Crippen LogP contribution in [-0.2, 0) is 12.4 Å². The first-order chi connectivity index (χ1) is 30.5. The van der Waals surface area contributed by atoms with Crippen molar-refractivity contribution in [3.8, 4) is 72.4 Å². The quantitative estimate of drug-likeness (QED) is 0.141. The van der Waals surface area contributed by atoms with Crippen LogP contribution in [0.15, 0.2) is 212 Å². The first-order valence-corrected chi connectivity index (χ1v) is 20.4. The Morgan fingerprint density at radius 1 is 0.254 bits per heavy atom. The summed E-state index contributed by atoms with van der Waals surface area (Å²) in [5.74, 6) is 0.